The molecule has 0 spiro atoms. The molecule has 0 bridgehead atoms. The van der Waals surface area contributed by atoms with E-state index in [0.29, 0.717) is 18.1 Å². The van der Waals surface area contributed by atoms with E-state index in [4.69, 9.17) is 16.3 Å². The SMILES string of the molecule is C=C1C(=O)NC2NC3CCC(OCC(=O)Nc4ccc5ccccc5n4)C(Cl)C3CN12. The second kappa shape index (κ2) is 8.11. The van der Waals surface area contributed by atoms with Crippen molar-refractivity contribution in [1.29, 1.82) is 0 Å². The highest BCUT2D eigenvalue weighted by Crippen LogP contribution is 2.36. The first-order valence-corrected chi connectivity index (χ1v) is 10.9. The third kappa shape index (κ3) is 3.86. The van der Waals surface area contributed by atoms with Crippen molar-refractivity contribution in [3.63, 3.8) is 0 Å². The Morgan fingerprint density at radius 1 is 1.29 bits per heavy atom. The molecule has 3 fully saturated rings. The maximum Gasteiger partial charge on any atom is 0.269 e. The highest BCUT2D eigenvalue weighted by atomic mass is 35.5. The predicted octanol–water partition coefficient (Wildman–Crippen LogP) is 1.78. The molecule has 3 heterocycles. The predicted molar refractivity (Wildman–Crippen MR) is 117 cm³/mol. The van der Waals surface area contributed by atoms with Gasteiger partial charge in [-0.15, -0.1) is 11.6 Å². The molecule has 2 saturated heterocycles. The minimum atomic E-state index is -0.276. The molecule has 0 radical (unpaired) electrons. The van der Waals surface area contributed by atoms with Crippen molar-refractivity contribution < 1.29 is 14.3 Å². The average molecular weight is 442 g/mol. The zero-order valence-corrected chi connectivity index (χ0v) is 17.6. The van der Waals surface area contributed by atoms with Crippen LogP contribution in [0, 0.1) is 5.92 Å². The summed E-state index contributed by atoms with van der Waals surface area (Å²) in [6, 6.07) is 11.6. The molecule has 3 N–H and O–H groups in total. The van der Waals surface area contributed by atoms with Crippen LogP contribution in [0.25, 0.3) is 10.9 Å². The minimum absolute atomic E-state index is 0.0892. The van der Waals surface area contributed by atoms with E-state index in [9.17, 15) is 9.59 Å². The van der Waals surface area contributed by atoms with Gasteiger partial charge in [-0.05, 0) is 31.0 Å². The van der Waals surface area contributed by atoms with Crippen molar-refractivity contribution in [1.82, 2.24) is 20.5 Å². The second-order valence-electron chi connectivity index (χ2n) is 8.22. The van der Waals surface area contributed by atoms with Crippen LogP contribution in [0.2, 0.25) is 0 Å². The number of carbonyl (C=O) groups is 2. The Morgan fingerprint density at radius 2 is 2.13 bits per heavy atom. The monoisotopic (exact) mass is 441 g/mol. The molecule has 2 aliphatic heterocycles. The maximum atomic E-state index is 12.4. The number of nitrogens with zero attached hydrogens (tertiary/aromatic N) is 2. The summed E-state index contributed by atoms with van der Waals surface area (Å²) >= 11 is 6.77. The molecule has 5 atom stereocenters. The lowest BCUT2D eigenvalue weighted by atomic mass is 9.80. The van der Waals surface area contributed by atoms with E-state index in [1.165, 1.54) is 0 Å². The van der Waals surface area contributed by atoms with Gasteiger partial charge in [0.15, 0.2) is 6.29 Å². The summed E-state index contributed by atoms with van der Waals surface area (Å²) in [5, 5.41) is 9.86. The van der Waals surface area contributed by atoms with Crippen molar-refractivity contribution in [2.45, 2.75) is 36.7 Å². The summed E-state index contributed by atoms with van der Waals surface area (Å²) in [7, 11) is 0. The van der Waals surface area contributed by atoms with Crippen molar-refractivity contribution >= 4 is 40.1 Å². The Bertz CT molecular complexity index is 1050. The van der Waals surface area contributed by atoms with Crippen molar-refractivity contribution in [2.75, 3.05) is 18.5 Å². The fourth-order valence-corrected chi connectivity index (χ4v) is 5.13. The van der Waals surface area contributed by atoms with E-state index in [1.807, 2.05) is 35.2 Å². The normalized spacial score (nSPS) is 30.0. The number of rotatable bonds is 4. The standard InChI is InChI=1S/C22H24ClN5O3/c1-12-21(30)27-22-25-16-7-8-17(20(23)14(16)10-28(12)22)31-11-19(29)26-18-9-6-13-4-2-3-5-15(13)24-18/h2-6,9,14,16-17,20,22,25H,1,7-8,10-11H2,(H,27,30)(H,24,26,29). The Kier molecular flexibility index (Phi) is 5.29. The molecule has 1 aliphatic carbocycles. The van der Waals surface area contributed by atoms with Gasteiger partial charge in [0.25, 0.3) is 11.8 Å². The molecule has 3 aliphatic rings. The number of carbonyl (C=O) groups excluding carboxylic acids is 2. The van der Waals surface area contributed by atoms with Crippen LogP contribution in [0.1, 0.15) is 12.8 Å². The molecule has 2 amide bonds. The number of halogens is 1. The van der Waals surface area contributed by atoms with E-state index < -0.39 is 0 Å². The summed E-state index contributed by atoms with van der Waals surface area (Å²) in [5.74, 6) is 0.157. The number of anilines is 1. The van der Waals surface area contributed by atoms with Gasteiger partial charge in [0.05, 0.1) is 22.7 Å². The first-order valence-electron chi connectivity index (χ1n) is 10.4. The number of nitrogens with one attached hydrogen (secondary N) is 3. The van der Waals surface area contributed by atoms with Gasteiger partial charge >= 0.3 is 0 Å². The zero-order chi connectivity index (χ0) is 21.5. The number of amides is 2. The topological polar surface area (TPSA) is 95.6 Å². The summed E-state index contributed by atoms with van der Waals surface area (Å²) < 4.78 is 5.90. The van der Waals surface area contributed by atoms with Crippen LogP contribution in [0.4, 0.5) is 5.82 Å². The van der Waals surface area contributed by atoms with Gasteiger partial charge in [-0.25, -0.2) is 4.98 Å². The number of hydrogen-bond donors (Lipinski definition) is 3. The number of fused-ring (bicyclic) bond motifs is 3. The van der Waals surface area contributed by atoms with Gasteiger partial charge in [-0.2, -0.15) is 0 Å². The third-order valence-corrected chi connectivity index (χ3v) is 6.91. The Balaban J connectivity index is 1.17. The zero-order valence-electron chi connectivity index (χ0n) is 16.9. The molecular weight excluding hydrogens is 418 g/mol. The van der Waals surface area contributed by atoms with Gasteiger partial charge in [0.1, 0.15) is 12.4 Å². The molecule has 5 unspecified atom stereocenters. The molecule has 5 rings (SSSR count). The van der Waals surface area contributed by atoms with Crippen LogP contribution in [0.5, 0.6) is 0 Å². The van der Waals surface area contributed by atoms with E-state index in [0.717, 1.165) is 23.7 Å². The summed E-state index contributed by atoms with van der Waals surface area (Å²) in [5.41, 5.74) is 1.27. The maximum absolute atomic E-state index is 12.4. The number of pyridine rings is 1. The summed E-state index contributed by atoms with van der Waals surface area (Å²) in [4.78, 5) is 30.7. The minimum Gasteiger partial charge on any atom is -0.367 e. The fourth-order valence-electron chi connectivity index (χ4n) is 4.67. The van der Waals surface area contributed by atoms with E-state index >= 15 is 0 Å². The number of para-hydroxylation sites is 1. The van der Waals surface area contributed by atoms with Crippen LogP contribution in [-0.4, -0.2) is 58.7 Å². The smallest absolute Gasteiger partial charge is 0.269 e. The molecule has 9 heteroatoms. The first kappa shape index (κ1) is 20.2. The third-order valence-electron chi connectivity index (χ3n) is 6.31. The van der Waals surface area contributed by atoms with Crippen LogP contribution in [0.3, 0.4) is 0 Å². The highest BCUT2D eigenvalue weighted by molar-refractivity contribution is 6.21. The second-order valence-corrected chi connectivity index (χ2v) is 8.72. The quantitative estimate of drug-likeness (QED) is 0.494. The summed E-state index contributed by atoms with van der Waals surface area (Å²) in [6.45, 7) is 4.40. The van der Waals surface area contributed by atoms with Crippen LogP contribution in [-0.2, 0) is 14.3 Å². The van der Waals surface area contributed by atoms with Crippen LogP contribution >= 0.6 is 11.6 Å². The number of aromatic nitrogens is 1. The number of benzene rings is 1. The van der Waals surface area contributed by atoms with E-state index in [-0.39, 0.29) is 48.2 Å². The van der Waals surface area contributed by atoms with E-state index in [1.54, 1.807) is 6.07 Å². The Hall–Kier alpha value is -2.68. The van der Waals surface area contributed by atoms with Gasteiger partial charge in [0.2, 0.25) is 0 Å². The number of hydrogen-bond acceptors (Lipinski definition) is 6. The molecule has 2 aromatic rings. The molecule has 1 aromatic heterocycles. The molecule has 8 nitrogen and oxygen atoms in total. The average Bonchev–Trinajstić information content (AvgIpc) is 3.05. The fraction of sp³-hybridized carbons (Fsp3) is 0.409. The van der Waals surface area contributed by atoms with Crippen LogP contribution < -0.4 is 16.0 Å². The summed E-state index contributed by atoms with van der Waals surface area (Å²) in [6.07, 6.45) is 1.14. The number of alkyl halides is 1. The first-order chi connectivity index (χ1) is 15.0. The van der Waals surface area contributed by atoms with Crippen molar-refractivity contribution in [2.24, 2.45) is 5.92 Å². The van der Waals surface area contributed by atoms with Gasteiger partial charge < -0.3 is 20.3 Å². The van der Waals surface area contributed by atoms with Crippen LogP contribution in [0.15, 0.2) is 48.7 Å². The molecular formula is C22H24ClN5O3. The van der Waals surface area contributed by atoms with Crippen molar-refractivity contribution in [3.05, 3.63) is 48.7 Å². The van der Waals surface area contributed by atoms with Gasteiger partial charge in [0, 0.05) is 23.9 Å². The van der Waals surface area contributed by atoms with E-state index in [2.05, 4.69) is 27.5 Å². The highest BCUT2D eigenvalue weighted by Gasteiger charge is 2.48. The lowest BCUT2D eigenvalue weighted by Gasteiger charge is -2.48. The van der Waals surface area contributed by atoms with Gasteiger partial charge in [-0.1, -0.05) is 24.8 Å². The molecule has 1 saturated carbocycles. The Labute approximate surface area is 185 Å². The molecule has 1 aromatic carbocycles. The number of ether oxygens (including phenoxy) is 1. The van der Waals surface area contributed by atoms with Gasteiger partial charge in [-0.3, -0.25) is 14.9 Å². The lowest BCUT2D eigenvalue weighted by molar-refractivity contribution is -0.124. The van der Waals surface area contributed by atoms with Crippen molar-refractivity contribution in [3.8, 4) is 0 Å². The Morgan fingerprint density at radius 3 is 3.00 bits per heavy atom. The largest absolute Gasteiger partial charge is 0.367 e. The lowest BCUT2D eigenvalue weighted by Crippen LogP contribution is -2.65. The molecule has 31 heavy (non-hydrogen) atoms. The molecule has 162 valence electrons.